The van der Waals surface area contributed by atoms with Gasteiger partial charge in [0.2, 0.25) is 0 Å². The highest BCUT2D eigenvalue weighted by Gasteiger charge is 2.31. The van der Waals surface area contributed by atoms with E-state index in [1.54, 1.807) is 18.4 Å². The molecule has 0 saturated heterocycles. The van der Waals surface area contributed by atoms with Crippen LogP contribution in [0.1, 0.15) is 114 Å². The first kappa shape index (κ1) is 20.0. The second kappa shape index (κ2) is 10.5. The van der Waals surface area contributed by atoms with E-state index in [1.807, 2.05) is 0 Å². The molecule has 0 radical (unpaired) electrons. The van der Waals surface area contributed by atoms with Crippen LogP contribution >= 0.6 is 0 Å². The third-order valence-corrected chi connectivity index (χ3v) is 7.66. The van der Waals surface area contributed by atoms with Gasteiger partial charge in [0, 0.05) is 0 Å². The molecule has 0 aliphatic heterocycles. The molecule has 2 aliphatic rings. The van der Waals surface area contributed by atoms with Gasteiger partial charge in [0.1, 0.15) is 0 Å². The summed E-state index contributed by atoms with van der Waals surface area (Å²) in [5.41, 5.74) is 3.09. The van der Waals surface area contributed by atoms with E-state index >= 15 is 0 Å². The lowest BCUT2D eigenvalue weighted by Crippen LogP contribution is -2.25. The lowest BCUT2D eigenvalue weighted by molar-refractivity contribution is 0.155. The summed E-state index contributed by atoms with van der Waals surface area (Å²) in [5.74, 6) is 4.01. The number of rotatable bonds is 8. The minimum Gasteiger partial charge on any atom is -0.0654 e. The average Bonchev–Trinajstić information content (AvgIpc) is 2.72. The van der Waals surface area contributed by atoms with Crippen molar-refractivity contribution in [2.45, 2.75) is 110 Å². The molecule has 2 saturated carbocycles. The standard InChI is InChI=1S/C26H42/c1-3-5-6-7-8-22-11-15-24(16-12-22)26-19-17-25(18-20-26)23-13-9-21(4-2)10-14-23/h9-10,13-14,22,24-26H,3-8,11-12,15-20H2,1-2H3. The van der Waals surface area contributed by atoms with Gasteiger partial charge in [-0.1, -0.05) is 83.1 Å². The SMILES string of the molecule is CCCCCCC1CCC(C2CCC(c3ccc(CC)cc3)CC2)CC1. The molecule has 3 rings (SSSR count). The van der Waals surface area contributed by atoms with Crippen molar-refractivity contribution in [1.82, 2.24) is 0 Å². The molecule has 26 heavy (non-hydrogen) atoms. The predicted molar refractivity (Wildman–Crippen MR) is 115 cm³/mol. The quantitative estimate of drug-likeness (QED) is 0.412. The van der Waals surface area contributed by atoms with Crippen molar-refractivity contribution in [3.8, 4) is 0 Å². The fourth-order valence-electron chi connectivity index (χ4n) is 5.76. The summed E-state index contributed by atoms with van der Waals surface area (Å²) >= 11 is 0. The number of unbranched alkanes of at least 4 members (excludes halogenated alkanes) is 3. The van der Waals surface area contributed by atoms with E-state index in [-0.39, 0.29) is 0 Å². The van der Waals surface area contributed by atoms with E-state index in [0.717, 1.165) is 30.1 Å². The summed E-state index contributed by atoms with van der Waals surface area (Å²) in [6.45, 7) is 4.57. The third-order valence-electron chi connectivity index (χ3n) is 7.66. The molecule has 0 amide bonds. The average molecular weight is 355 g/mol. The fraction of sp³-hybridized carbons (Fsp3) is 0.769. The Morgan fingerprint density at radius 3 is 1.88 bits per heavy atom. The van der Waals surface area contributed by atoms with Crippen molar-refractivity contribution < 1.29 is 0 Å². The number of benzene rings is 1. The zero-order chi connectivity index (χ0) is 18.2. The maximum Gasteiger partial charge on any atom is -0.0162 e. The van der Waals surface area contributed by atoms with Crippen molar-refractivity contribution in [3.63, 3.8) is 0 Å². The zero-order valence-electron chi connectivity index (χ0n) is 17.5. The van der Waals surface area contributed by atoms with E-state index in [1.165, 1.54) is 76.2 Å². The van der Waals surface area contributed by atoms with Gasteiger partial charge in [-0.2, -0.15) is 0 Å². The Morgan fingerprint density at radius 1 is 0.692 bits per heavy atom. The Hall–Kier alpha value is -0.780. The van der Waals surface area contributed by atoms with Gasteiger partial charge in [0.15, 0.2) is 0 Å². The van der Waals surface area contributed by atoms with E-state index in [4.69, 9.17) is 0 Å². The van der Waals surface area contributed by atoms with Gasteiger partial charge in [-0.05, 0) is 79.7 Å². The van der Waals surface area contributed by atoms with Gasteiger partial charge in [-0.15, -0.1) is 0 Å². The van der Waals surface area contributed by atoms with Crippen molar-refractivity contribution >= 4 is 0 Å². The number of hydrogen-bond acceptors (Lipinski definition) is 0. The molecule has 0 nitrogen and oxygen atoms in total. The minimum atomic E-state index is 0.840. The first-order valence-electron chi connectivity index (χ1n) is 11.9. The van der Waals surface area contributed by atoms with Gasteiger partial charge < -0.3 is 0 Å². The molecule has 1 aromatic carbocycles. The largest absolute Gasteiger partial charge is 0.0654 e. The molecule has 2 aliphatic carbocycles. The molecule has 0 aromatic heterocycles. The second-order valence-electron chi connectivity index (χ2n) is 9.34. The fourth-order valence-corrected chi connectivity index (χ4v) is 5.76. The first-order valence-corrected chi connectivity index (χ1v) is 11.9. The number of aryl methyl sites for hydroxylation is 1. The van der Waals surface area contributed by atoms with Crippen LogP contribution in [0.4, 0.5) is 0 Å². The van der Waals surface area contributed by atoms with Crippen LogP contribution in [0.15, 0.2) is 24.3 Å². The summed E-state index contributed by atoms with van der Waals surface area (Å²) < 4.78 is 0. The molecular weight excluding hydrogens is 312 g/mol. The molecular formula is C26H42. The Kier molecular flexibility index (Phi) is 8.08. The third kappa shape index (κ3) is 5.61. The highest BCUT2D eigenvalue weighted by atomic mass is 14.4. The highest BCUT2D eigenvalue weighted by Crippen LogP contribution is 2.44. The Labute approximate surface area is 163 Å². The van der Waals surface area contributed by atoms with Crippen molar-refractivity contribution in [3.05, 3.63) is 35.4 Å². The smallest absolute Gasteiger partial charge is 0.0162 e. The normalized spacial score (nSPS) is 29.6. The van der Waals surface area contributed by atoms with Gasteiger partial charge in [-0.25, -0.2) is 0 Å². The van der Waals surface area contributed by atoms with Gasteiger partial charge in [0.05, 0.1) is 0 Å². The summed E-state index contributed by atoms with van der Waals surface area (Å²) in [6, 6.07) is 9.52. The Morgan fingerprint density at radius 2 is 1.31 bits per heavy atom. The van der Waals surface area contributed by atoms with Crippen molar-refractivity contribution in [2.24, 2.45) is 17.8 Å². The second-order valence-corrected chi connectivity index (χ2v) is 9.34. The maximum atomic E-state index is 2.41. The number of hydrogen-bond donors (Lipinski definition) is 0. The van der Waals surface area contributed by atoms with Crippen LogP contribution in [0.3, 0.4) is 0 Å². The molecule has 0 heterocycles. The van der Waals surface area contributed by atoms with Crippen molar-refractivity contribution in [1.29, 1.82) is 0 Å². The van der Waals surface area contributed by atoms with Crippen LogP contribution in [0.25, 0.3) is 0 Å². The highest BCUT2D eigenvalue weighted by molar-refractivity contribution is 5.25. The van der Waals surface area contributed by atoms with Crippen LogP contribution in [-0.2, 0) is 6.42 Å². The van der Waals surface area contributed by atoms with E-state index in [9.17, 15) is 0 Å². The molecule has 0 atom stereocenters. The van der Waals surface area contributed by atoms with E-state index in [2.05, 4.69) is 38.1 Å². The maximum absolute atomic E-state index is 2.41. The van der Waals surface area contributed by atoms with E-state index in [0.29, 0.717) is 0 Å². The molecule has 0 bridgehead atoms. The van der Waals surface area contributed by atoms with E-state index < -0.39 is 0 Å². The molecule has 146 valence electrons. The molecule has 0 spiro atoms. The van der Waals surface area contributed by atoms with Gasteiger partial charge in [0.25, 0.3) is 0 Å². The van der Waals surface area contributed by atoms with Crippen LogP contribution in [0.2, 0.25) is 0 Å². The van der Waals surface area contributed by atoms with Crippen LogP contribution < -0.4 is 0 Å². The topological polar surface area (TPSA) is 0 Å². The monoisotopic (exact) mass is 354 g/mol. The lowest BCUT2D eigenvalue weighted by atomic mass is 9.68. The minimum absolute atomic E-state index is 0.840. The summed E-state index contributed by atoms with van der Waals surface area (Å²) in [7, 11) is 0. The first-order chi connectivity index (χ1) is 12.8. The van der Waals surface area contributed by atoms with Crippen LogP contribution in [0, 0.1) is 17.8 Å². The lowest BCUT2D eigenvalue weighted by Gasteiger charge is -2.38. The summed E-state index contributed by atoms with van der Waals surface area (Å²) in [4.78, 5) is 0. The van der Waals surface area contributed by atoms with Crippen LogP contribution in [-0.4, -0.2) is 0 Å². The predicted octanol–water partition coefficient (Wildman–Crippen LogP) is 8.30. The zero-order valence-corrected chi connectivity index (χ0v) is 17.5. The van der Waals surface area contributed by atoms with Gasteiger partial charge in [-0.3, -0.25) is 0 Å². The molecule has 0 unspecified atom stereocenters. The molecule has 1 aromatic rings. The van der Waals surface area contributed by atoms with Crippen molar-refractivity contribution in [2.75, 3.05) is 0 Å². The Bertz CT molecular complexity index is 483. The van der Waals surface area contributed by atoms with Gasteiger partial charge >= 0.3 is 0 Å². The molecule has 0 heteroatoms. The summed E-state index contributed by atoms with van der Waals surface area (Å²) in [5, 5.41) is 0. The molecule has 2 fully saturated rings. The Balaban J connectivity index is 1.37. The van der Waals surface area contributed by atoms with Crippen LogP contribution in [0.5, 0.6) is 0 Å². The summed E-state index contributed by atoms with van der Waals surface area (Å²) in [6.07, 6.45) is 20.5. The molecule has 0 N–H and O–H groups in total.